The van der Waals surface area contributed by atoms with Crippen molar-refractivity contribution in [3.8, 4) is 0 Å². The molecule has 5 rings (SSSR count). The van der Waals surface area contributed by atoms with Crippen molar-refractivity contribution in [3.05, 3.63) is 107 Å². The molecule has 1 aliphatic heterocycles. The standard InChI is InChI=1S/C29H27NO5/c1-18-7-11-20(12-8-18)28(31)33-17-27-26(35-29(32)21-13-9-19(2)10-14-21)16-25(34-27)24-15-22-5-3-4-6-23(22)30-24/h3-15,25-27,30H,16-17H2,1-2H3/t25-,26-,27+/m0/s1. The second-order valence-electron chi connectivity index (χ2n) is 8.99. The molecule has 178 valence electrons. The Bertz CT molecular complexity index is 1310. The zero-order chi connectivity index (χ0) is 24.4. The number of para-hydroxylation sites is 1. The molecule has 35 heavy (non-hydrogen) atoms. The fourth-order valence-corrected chi connectivity index (χ4v) is 4.28. The Labute approximate surface area is 203 Å². The average Bonchev–Trinajstić information content (AvgIpc) is 3.47. The van der Waals surface area contributed by atoms with Crippen molar-refractivity contribution < 1.29 is 23.8 Å². The van der Waals surface area contributed by atoms with Crippen LogP contribution < -0.4 is 0 Å². The Kier molecular flexibility index (Phi) is 6.38. The van der Waals surface area contributed by atoms with Crippen molar-refractivity contribution in [2.45, 2.75) is 38.6 Å². The molecule has 1 aromatic heterocycles. The summed E-state index contributed by atoms with van der Waals surface area (Å²) < 4.78 is 17.7. The van der Waals surface area contributed by atoms with Crippen LogP contribution in [0.3, 0.4) is 0 Å². The van der Waals surface area contributed by atoms with Crippen LogP contribution >= 0.6 is 0 Å². The minimum atomic E-state index is -0.588. The summed E-state index contributed by atoms with van der Waals surface area (Å²) in [7, 11) is 0. The number of H-pyrrole nitrogens is 1. The Balaban J connectivity index is 1.33. The first-order valence-corrected chi connectivity index (χ1v) is 11.7. The largest absolute Gasteiger partial charge is 0.459 e. The molecule has 0 bridgehead atoms. The molecule has 1 fully saturated rings. The SMILES string of the molecule is Cc1ccc(C(=O)OC[C@H]2O[C@H](c3cc4ccccc4[nH]3)C[C@@H]2OC(=O)c2ccc(C)cc2)cc1. The molecule has 0 saturated carbocycles. The van der Waals surface area contributed by atoms with E-state index < -0.39 is 24.1 Å². The molecular weight excluding hydrogens is 442 g/mol. The molecule has 2 heterocycles. The molecule has 0 spiro atoms. The van der Waals surface area contributed by atoms with Gasteiger partial charge in [0.1, 0.15) is 24.9 Å². The summed E-state index contributed by atoms with van der Waals surface area (Å²) in [5.41, 5.74) is 4.97. The van der Waals surface area contributed by atoms with Crippen molar-refractivity contribution >= 4 is 22.8 Å². The number of aromatic nitrogens is 1. The third-order valence-electron chi connectivity index (χ3n) is 6.31. The van der Waals surface area contributed by atoms with Gasteiger partial charge in [0.05, 0.1) is 11.1 Å². The van der Waals surface area contributed by atoms with Crippen molar-refractivity contribution in [2.75, 3.05) is 6.61 Å². The van der Waals surface area contributed by atoms with Crippen LogP contribution in [0.15, 0.2) is 78.9 Å². The van der Waals surface area contributed by atoms with Crippen LogP contribution in [0.25, 0.3) is 10.9 Å². The highest BCUT2D eigenvalue weighted by atomic mass is 16.6. The van der Waals surface area contributed by atoms with Gasteiger partial charge in [0.25, 0.3) is 0 Å². The smallest absolute Gasteiger partial charge is 0.338 e. The number of ether oxygens (including phenoxy) is 3. The molecule has 0 amide bonds. The number of aromatic amines is 1. The van der Waals surface area contributed by atoms with E-state index in [1.165, 1.54) is 0 Å². The van der Waals surface area contributed by atoms with Gasteiger partial charge in [-0.25, -0.2) is 9.59 Å². The molecule has 3 atom stereocenters. The van der Waals surface area contributed by atoms with E-state index in [0.29, 0.717) is 17.5 Å². The second-order valence-corrected chi connectivity index (χ2v) is 8.99. The lowest BCUT2D eigenvalue weighted by molar-refractivity contribution is -0.0432. The maximum Gasteiger partial charge on any atom is 0.338 e. The van der Waals surface area contributed by atoms with E-state index >= 15 is 0 Å². The summed E-state index contributed by atoms with van der Waals surface area (Å²) in [6.45, 7) is 3.90. The third-order valence-corrected chi connectivity index (χ3v) is 6.31. The summed E-state index contributed by atoms with van der Waals surface area (Å²) in [5, 5.41) is 1.08. The Hall–Kier alpha value is -3.90. The van der Waals surface area contributed by atoms with Gasteiger partial charge in [-0.3, -0.25) is 0 Å². The number of carbonyl (C=O) groups excluding carboxylic acids is 2. The number of hydrogen-bond donors (Lipinski definition) is 1. The van der Waals surface area contributed by atoms with Crippen LogP contribution in [0.1, 0.15) is 50.1 Å². The van der Waals surface area contributed by atoms with E-state index in [0.717, 1.165) is 27.7 Å². The van der Waals surface area contributed by atoms with Crippen molar-refractivity contribution in [3.63, 3.8) is 0 Å². The number of esters is 2. The molecule has 1 aliphatic rings. The summed E-state index contributed by atoms with van der Waals surface area (Å²) >= 11 is 0. The van der Waals surface area contributed by atoms with Gasteiger partial charge in [-0.15, -0.1) is 0 Å². The zero-order valence-electron chi connectivity index (χ0n) is 19.7. The lowest BCUT2D eigenvalue weighted by Crippen LogP contribution is -2.32. The predicted molar refractivity (Wildman–Crippen MR) is 132 cm³/mol. The number of hydrogen-bond acceptors (Lipinski definition) is 5. The van der Waals surface area contributed by atoms with Crippen molar-refractivity contribution in [1.82, 2.24) is 4.98 Å². The van der Waals surface area contributed by atoms with Crippen LogP contribution in [0.5, 0.6) is 0 Å². The summed E-state index contributed by atoms with van der Waals surface area (Å²) in [4.78, 5) is 28.8. The van der Waals surface area contributed by atoms with Crippen LogP contribution in [0.4, 0.5) is 0 Å². The van der Waals surface area contributed by atoms with Crippen LogP contribution in [0, 0.1) is 13.8 Å². The van der Waals surface area contributed by atoms with E-state index in [2.05, 4.69) is 4.98 Å². The monoisotopic (exact) mass is 469 g/mol. The third kappa shape index (κ3) is 5.12. The number of nitrogens with one attached hydrogen (secondary N) is 1. The maximum absolute atomic E-state index is 12.8. The van der Waals surface area contributed by atoms with Gasteiger partial charge in [-0.05, 0) is 55.6 Å². The van der Waals surface area contributed by atoms with E-state index in [-0.39, 0.29) is 12.7 Å². The molecular formula is C29H27NO5. The summed E-state index contributed by atoms with van der Waals surface area (Å²) in [6, 6.07) is 24.4. The number of fused-ring (bicyclic) bond motifs is 1. The molecule has 0 aliphatic carbocycles. The first-order valence-electron chi connectivity index (χ1n) is 11.7. The number of aryl methyl sites for hydroxylation is 2. The number of benzene rings is 3. The Morgan fingerprint density at radius 3 is 2.17 bits per heavy atom. The molecule has 0 radical (unpaired) electrons. The maximum atomic E-state index is 12.8. The highest BCUT2D eigenvalue weighted by molar-refractivity contribution is 5.90. The molecule has 1 saturated heterocycles. The van der Waals surface area contributed by atoms with Gasteiger partial charge in [0.15, 0.2) is 0 Å². The lowest BCUT2D eigenvalue weighted by Gasteiger charge is -2.19. The van der Waals surface area contributed by atoms with E-state index in [9.17, 15) is 9.59 Å². The van der Waals surface area contributed by atoms with Crippen molar-refractivity contribution in [2.24, 2.45) is 0 Å². The highest BCUT2D eigenvalue weighted by Crippen LogP contribution is 2.36. The highest BCUT2D eigenvalue weighted by Gasteiger charge is 2.40. The van der Waals surface area contributed by atoms with E-state index in [1.807, 2.05) is 68.4 Å². The fourth-order valence-electron chi connectivity index (χ4n) is 4.28. The van der Waals surface area contributed by atoms with Crippen LogP contribution in [0.2, 0.25) is 0 Å². The van der Waals surface area contributed by atoms with Gasteiger partial charge < -0.3 is 19.2 Å². The number of rotatable bonds is 6. The molecule has 6 nitrogen and oxygen atoms in total. The zero-order valence-corrected chi connectivity index (χ0v) is 19.7. The minimum Gasteiger partial charge on any atom is -0.459 e. The van der Waals surface area contributed by atoms with E-state index in [1.54, 1.807) is 24.3 Å². The minimum absolute atomic E-state index is 0.0186. The molecule has 1 N–H and O–H groups in total. The van der Waals surface area contributed by atoms with Crippen molar-refractivity contribution in [1.29, 1.82) is 0 Å². The summed E-state index contributed by atoms with van der Waals surface area (Å²) in [5.74, 6) is -0.864. The Morgan fingerprint density at radius 2 is 1.51 bits per heavy atom. The molecule has 3 aromatic carbocycles. The van der Waals surface area contributed by atoms with Gasteiger partial charge in [-0.1, -0.05) is 53.6 Å². The topological polar surface area (TPSA) is 77.6 Å². The summed E-state index contributed by atoms with van der Waals surface area (Å²) in [6.07, 6.45) is -1.01. The number of carbonyl (C=O) groups is 2. The second kappa shape index (κ2) is 9.76. The van der Waals surface area contributed by atoms with E-state index in [4.69, 9.17) is 14.2 Å². The molecule has 0 unspecified atom stereocenters. The fraction of sp³-hybridized carbons (Fsp3) is 0.241. The van der Waals surface area contributed by atoms with Gasteiger partial charge >= 0.3 is 11.9 Å². The first kappa shape index (κ1) is 22.9. The normalized spacial score (nSPS) is 19.5. The predicted octanol–water partition coefficient (Wildman–Crippen LogP) is 5.70. The van der Waals surface area contributed by atoms with Gasteiger partial charge in [0, 0.05) is 17.6 Å². The van der Waals surface area contributed by atoms with Gasteiger partial charge in [-0.2, -0.15) is 0 Å². The molecule has 4 aromatic rings. The van der Waals surface area contributed by atoms with Crippen LogP contribution in [-0.2, 0) is 14.2 Å². The average molecular weight is 470 g/mol. The molecule has 6 heteroatoms. The lowest BCUT2D eigenvalue weighted by atomic mass is 10.1. The first-order chi connectivity index (χ1) is 17.0. The Morgan fingerprint density at radius 1 is 0.886 bits per heavy atom. The van der Waals surface area contributed by atoms with Crippen LogP contribution in [-0.4, -0.2) is 35.7 Å². The van der Waals surface area contributed by atoms with Gasteiger partial charge in [0.2, 0.25) is 0 Å². The quantitative estimate of drug-likeness (QED) is 0.367.